The smallest absolute Gasteiger partial charge is 0.170 e. The number of rotatable bonds is 9. The molecule has 0 N–H and O–H groups in total. The van der Waals surface area contributed by atoms with Crippen LogP contribution in [0.2, 0.25) is 0 Å². The van der Waals surface area contributed by atoms with Gasteiger partial charge in [0.1, 0.15) is 0 Å². The minimum absolute atomic E-state index is 0.0483. The monoisotopic (exact) mass is 370 g/mol. The number of allylic oxidation sites excluding steroid dienone is 2. The van der Waals surface area contributed by atoms with E-state index in [1.807, 2.05) is 31.2 Å². The van der Waals surface area contributed by atoms with Gasteiger partial charge in [0.2, 0.25) is 0 Å². The molecule has 150 valence electrons. The van der Waals surface area contributed by atoms with E-state index in [4.69, 9.17) is 0 Å². The van der Waals surface area contributed by atoms with Gasteiger partial charge in [-0.05, 0) is 48.0 Å². The van der Waals surface area contributed by atoms with Crippen LogP contribution in [0.1, 0.15) is 85.0 Å². The molecule has 0 radical (unpaired) electrons. The Morgan fingerprint density at radius 1 is 1.00 bits per heavy atom. The molecule has 0 saturated heterocycles. The van der Waals surface area contributed by atoms with Crippen LogP contribution in [0.4, 0.5) is 0 Å². The maximum atomic E-state index is 12.9. The Labute approximate surface area is 166 Å². The zero-order chi connectivity index (χ0) is 20.8. The Bertz CT molecular complexity index is 659. The Kier molecular flexibility index (Phi) is 8.20. The number of benzene rings is 1. The van der Waals surface area contributed by atoms with Crippen molar-refractivity contribution in [3.63, 3.8) is 0 Å². The van der Waals surface area contributed by atoms with Crippen molar-refractivity contribution >= 4 is 11.6 Å². The Morgan fingerprint density at radius 3 is 2.04 bits per heavy atom. The van der Waals surface area contributed by atoms with Crippen LogP contribution in [0, 0.1) is 22.7 Å². The molecule has 0 heterocycles. The van der Waals surface area contributed by atoms with Crippen molar-refractivity contribution in [3.8, 4) is 0 Å². The van der Waals surface area contributed by atoms with Crippen LogP contribution in [-0.2, 0) is 4.79 Å². The van der Waals surface area contributed by atoms with Gasteiger partial charge in [-0.25, -0.2) is 0 Å². The molecule has 0 fully saturated rings. The summed E-state index contributed by atoms with van der Waals surface area (Å²) in [4.78, 5) is 25.3. The van der Waals surface area contributed by atoms with Gasteiger partial charge in [-0.2, -0.15) is 0 Å². The van der Waals surface area contributed by atoms with Gasteiger partial charge in [0, 0.05) is 5.56 Å². The van der Waals surface area contributed by atoms with Crippen LogP contribution in [-0.4, -0.2) is 11.6 Å². The summed E-state index contributed by atoms with van der Waals surface area (Å²) in [5.74, 6) is 1.04. The van der Waals surface area contributed by atoms with Crippen LogP contribution >= 0.6 is 0 Å². The summed E-state index contributed by atoms with van der Waals surface area (Å²) in [7, 11) is 0. The van der Waals surface area contributed by atoms with Crippen molar-refractivity contribution in [1.29, 1.82) is 0 Å². The van der Waals surface area contributed by atoms with Gasteiger partial charge >= 0.3 is 0 Å². The van der Waals surface area contributed by atoms with Gasteiger partial charge in [0.05, 0.1) is 6.42 Å². The highest BCUT2D eigenvalue weighted by atomic mass is 16.1. The van der Waals surface area contributed by atoms with Gasteiger partial charge < -0.3 is 0 Å². The molecule has 1 aromatic carbocycles. The summed E-state index contributed by atoms with van der Waals surface area (Å²) < 4.78 is 0. The topological polar surface area (TPSA) is 34.1 Å². The predicted molar refractivity (Wildman–Crippen MR) is 115 cm³/mol. The lowest BCUT2D eigenvalue weighted by molar-refractivity contribution is -0.115. The van der Waals surface area contributed by atoms with Gasteiger partial charge in [0.15, 0.2) is 11.6 Å². The van der Waals surface area contributed by atoms with Crippen LogP contribution in [0.3, 0.4) is 0 Å². The molecular weight excluding hydrogens is 332 g/mol. The summed E-state index contributed by atoms with van der Waals surface area (Å²) in [6, 6.07) is 9.07. The quantitative estimate of drug-likeness (QED) is 0.269. The molecule has 0 saturated carbocycles. The molecular formula is C25H38O2. The van der Waals surface area contributed by atoms with E-state index >= 15 is 0 Å². The van der Waals surface area contributed by atoms with Crippen molar-refractivity contribution in [2.24, 2.45) is 22.7 Å². The maximum absolute atomic E-state index is 12.9. The highest BCUT2D eigenvalue weighted by Gasteiger charge is 2.31. The van der Waals surface area contributed by atoms with Crippen LogP contribution < -0.4 is 0 Å². The average molecular weight is 371 g/mol. The highest BCUT2D eigenvalue weighted by molar-refractivity contribution is 6.13. The fourth-order valence-corrected chi connectivity index (χ4v) is 3.72. The van der Waals surface area contributed by atoms with Crippen molar-refractivity contribution in [2.45, 2.75) is 74.7 Å². The molecule has 0 aliphatic heterocycles. The second-order valence-electron chi connectivity index (χ2n) is 9.65. The summed E-state index contributed by atoms with van der Waals surface area (Å²) in [5.41, 5.74) is 1.44. The van der Waals surface area contributed by atoms with Crippen LogP contribution in [0.15, 0.2) is 42.0 Å². The Hall–Kier alpha value is -1.70. The molecule has 1 rings (SSSR count). The lowest BCUT2D eigenvalue weighted by Gasteiger charge is -2.35. The molecule has 0 aliphatic rings. The average Bonchev–Trinajstić information content (AvgIpc) is 2.59. The number of carbonyl (C=O) groups excluding carboxylic acids is 2. The minimum atomic E-state index is -0.228. The van der Waals surface area contributed by atoms with Crippen molar-refractivity contribution in [1.82, 2.24) is 0 Å². The van der Waals surface area contributed by atoms with Crippen molar-refractivity contribution in [3.05, 3.63) is 47.5 Å². The first-order valence-corrected chi connectivity index (χ1v) is 10.2. The standard InChI is InChI=1S/C25H38O2/c1-9-21(23(27)17-22(26)20-13-11-10-12-14-20)25(7,8)16-15-18(2)19(3)24(4,5)6/h9-14,18-19H,15-17H2,1-8H3. The Balaban J connectivity index is 2.78. The van der Waals surface area contributed by atoms with E-state index in [2.05, 4.69) is 48.5 Å². The highest BCUT2D eigenvalue weighted by Crippen LogP contribution is 2.39. The first-order valence-electron chi connectivity index (χ1n) is 10.2. The molecule has 27 heavy (non-hydrogen) atoms. The minimum Gasteiger partial charge on any atom is -0.294 e. The molecule has 0 aromatic heterocycles. The third-order valence-electron chi connectivity index (χ3n) is 6.18. The Morgan fingerprint density at radius 2 is 1.56 bits per heavy atom. The number of ketones is 2. The molecule has 0 bridgehead atoms. The second-order valence-corrected chi connectivity index (χ2v) is 9.65. The number of Topliss-reactive ketones (excluding diaryl/α,β-unsaturated/α-hetero) is 2. The van der Waals surface area contributed by atoms with E-state index in [1.54, 1.807) is 12.1 Å². The normalized spacial score (nSPS) is 15.3. The molecule has 0 aliphatic carbocycles. The fourth-order valence-electron chi connectivity index (χ4n) is 3.72. The summed E-state index contributed by atoms with van der Waals surface area (Å²) >= 11 is 0. The lowest BCUT2D eigenvalue weighted by atomic mass is 9.70. The van der Waals surface area contributed by atoms with E-state index < -0.39 is 0 Å². The van der Waals surface area contributed by atoms with E-state index in [1.165, 1.54) is 0 Å². The summed E-state index contributed by atoms with van der Waals surface area (Å²) in [6.45, 7) is 17.6. The SMILES string of the molecule is CC=C(C(=O)CC(=O)c1ccccc1)C(C)(C)CCC(C)C(C)C(C)(C)C. The maximum Gasteiger partial charge on any atom is 0.170 e. The van der Waals surface area contributed by atoms with E-state index in [0.717, 1.165) is 18.4 Å². The van der Waals surface area contributed by atoms with Crippen LogP contribution in [0.5, 0.6) is 0 Å². The molecule has 0 amide bonds. The third-order valence-corrected chi connectivity index (χ3v) is 6.18. The molecule has 1 aromatic rings. The van der Waals surface area contributed by atoms with Crippen molar-refractivity contribution in [2.75, 3.05) is 0 Å². The molecule has 2 unspecified atom stereocenters. The summed E-state index contributed by atoms with van der Waals surface area (Å²) in [5, 5.41) is 0. The summed E-state index contributed by atoms with van der Waals surface area (Å²) in [6.07, 6.45) is 3.86. The molecule has 0 spiro atoms. The largest absolute Gasteiger partial charge is 0.294 e. The molecule has 2 atom stereocenters. The number of hydrogen-bond acceptors (Lipinski definition) is 2. The zero-order valence-corrected chi connectivity index (χ0v) is 18.6. The van der Waals surface area contributed by atoms with Gasteiger partial charge in [-0.1, -0.05) is 84.9 Å². The van der Waals surface area contributed by atoms with Gasteiger partial charge in [-0.3, -0.25) is 9.59 Å². The first kappa shape index (κ1) is 23.3. The van der Waals surface area contributed by atoms with Gasteiger partial charge in [0.25, 0.3) is 0 Å². The second kappa shape index (κ2) is 9.48. The van der Waals surface area contributed by atoms with E-state index in [0.29, 0.717) is 17.4 Å². The van der Waals surface area contributed by atoms with Crippen LogP contribution in [0.25, 0.3) is 0 Å². The van der Waals surface area contributed by atoms with E-state index in [-0.39, 0.29) is 28.8 Å². The lowest BCUT2D eigenvalue weighted by Crippen LogP contribution is -2.27. The molecule has 2 nitrogen and oxygen atoms in total. The van der Waals surface area contributed by atoms with Crippen molar-refractivity contribution < 1.29 is 9.59 Å². The zero-order valence-electron chi connectivity index (χ0n) is 18.6. The fraction of sp³-hybridized carbons (Fsp3) is 0.600. The third kappa shape index (κ3) is 6.75. The molecule has 2 heteroatoms. The number of hydrogen-bond donors (Lipinski definition) is 0. The van der Waals surface area contributed by atoms with E-state index in [9.17, 15) is 9.59 Å². The predicted octanol–water partition coefficient (Wildman–Crippen LogP) is 6.90. The first-order chi connectivity index (χ1) is 12.4. The van der Waals surface area contributed by atoms with Gasteiger partial charge in [-0.15, -0.1) is 0 Å². The number of carbonyl (C=O) groups is 2.